The van der Waals surface area contributed by atoms with Crippen LogP contribution in [0.2, 0.25) is 0 Å². The number of hydrogen-bond donors (Lipinski definition) is 0. The summed E-state index contributed by atoms with van der Waals surface area (Å²) in [6, 6.07) is 8.52. The van der Waals surface area contributed by atoms with Crippen molar-refractivity contribution in [1.29, 1.82) is 0 Å². The minimum Gasteiger partial charge on any atom is -0.103 e. The van der Waals surface area contributed by atoms with Crippen LogP contribution in [0, 0.1) is 12.8 Å². The van der Waals surface area contributed by atoms with Gasteiger partial charge < -0.3 is 0 Å². The first-order chi connectivity index (χ1) is 9.90. The number of hydrogen-bond acceptors (Lipinski definition) is 0. The molecule has 0 amide bonds. The molecule has 0 aromatic heterocycles. The SMILES string of the molecule is C=CC.C=CCc1ccc(C)cc1.CC/C(C)=C\C(C)C. The second-order valence-electron chi connectivity index (χ2n) is 5.50. The average Bonchev–Trinajstić information content (AvgIpc) is 2.42. The summed E-state index contributed by atoms with van der Waals surface area (Å²) in [5.41, 5.74) is 4.15. The van der Waals surface area contributed by atoms with E-state index in [9.17, 15) is 0 Å². The molecule has 0 spiro atoms. The Morgan fingerprint density at radius 2 is 1.62 bits per heavy atom. The van der Waals surface area contributed by atoms with Crippen LogP contribution in [-0.2, 0) is 6.42 Å². The van der Waals surface area contributed by atoms with E-state index >= 15 is 0 Å². The molecule has 0 unspecified atom stereocenters. The molecule has 0 aliphatic carbocycles. The van der Waals surface area contributed by atoms with Gasteiger partial charge in [-0.05, 0) is 45.1 Å². The predicted octanol–water partition coefficient (Wildman–Crippen LogP) is 6.91. The van der Waals surface area contributed by atoms with Gasteiger partial charge in [-0.1, -0.05) is 74.4 Å². The van der Waals surface area contributed by atoms with Gasteiger partial charge in [-0.25, -0.2) is 0 Å². The molecule has 0 saturated heterocycles. The van der Waals surface area contributed by atoms with Crippen LogP contribution >= 0.6 is 0 Å². The van der Waals surface area contributed by atoms with Gasteiger partial charge in [-0.15, -0.1) is 13.2 Å². The van der Waals surface area contributed by atoms with Gasteiger partial charge in [0.2, 0.25) is 0 Å². The van der Waals surface area contributed by atoms with Gasteiger partial charge in [0, 0.05) is 0 Å². The summed E-state index contributed by atoms with van der Waals surface area (Å²) in [5.74, 6) is 0.718. The molecule has 0 bridgehead atoms. The highest BCUT2D eigenvalue weighted by atomic mass is 13.9. The van der Waals surface area contributed by atoms with E-state index in [1.165, 1.54) is 23.1 Å². The third-order valence-corrected chi connectivity index (χ3v) is 2.68. The molecule has 1 aromatic carbocycles. The highest BCUT2D eigenvalue weighted by Crippen LogP contribution is 2.04. The first-order valence-corrected chi connectivity index (χ1v) is 7.81. The van der Waals surface area contributed by atoms with E-state index in [4.69, 9.17) is 0 Å². The number of allylic oxidation sites excluding steroid dienone is 4. The number of rotatable bonds is 4. The molecule has 0 heterocycles. The molecule has 0 aliphatic heterocycles. The molecular formula is C21H34. The van der Waals surface area contributed by atoms with Crippen molar-refractivity contribution in [3.63, 3.8) is 0 Å². The molecular weight excluding hydrogens is 252 g/mol. The van der Waals surface area contributed by atoms with Crippen LogP contribution in [0.5, 0.6) is 0 Å². The van der Waals surface area contributed by atoms with Crippen molar-refractivity contribution < 1.29 is 0 Å². The fourth-order valence-electron chi connectivity index (χ4n) is 1.58. The first-order valence-electron chi connectivity index (χ1n) is 7.81. The van der Waals surface area contributed by atoms with Crippen LogP contribution in [0.1, 0.15) is 52.2 Å². The Hall–Kier alpha value is -1.56. The predicted molar refractivity (Wildman–Crippen MR) is 99.8 cm³/mol. The lowest BCUT2D eigenvalue weighted by atomic mass is 10.1. The van der Waals surface area contributed by atoms with E-state index in [2.05, 4.69) is 78.1 Å². The molecule has 1 aromatic rings. The quantitative estimate of drug-likeness (QED) is 0.527. The maximum Gasteiger partial charge on any atom is -0.0100 e. The lowest BCUT2D eigenvalue weighted by Gasteiger charge is -1.97. The fraction of sp³-hybridized carbons (Fsp3) is 0.429. The highest BCUT2D eigenvalue weighted by molar-refractivity contribution is 5.22. The normalized spacial score (nSPS) is 9.95. The van der Waals surface area contributed by atoms with Crippen LogP contribution in [0.15, 0.2) is 61.2 Å². The van der Waals surface area contributed by atoms with Gasteiger partial charge in [0.15, 0.2) is 0 Å². The minimum atomic E-state index is 0.718. The topological polar surface area (TPSA) is 0 Å². The Bertz CT molecular complexity index is 391. The van der Waals surface area contributed by atoms with E-state index < -0.39 is 0 Å². The maximum atomic E-state index is 3.68. The summed E-state index contributed by atoms with van der Waals surface area (Å²) in [6.07, 6.45) is 8.14. The van der Waals surface area contributed by atoms with Crippen LogP contribution in [0.4, 0.5) is 0 Å². The van der Waals surface area contributed by atoms with Crippen molar-refractivity contribution in [1.82, 2.24) is 0 Å². The van der Waals surface area contributed by atoms with Crippen molar-refractivity contribution in [2.24, 2.45) is 5.92 Å². The van der Waals surface area contributed by atoms with Gasteiger partial charge in [-0.3, -0.25) is 0 Å². The fourth-order valence-corrected chi connectivity index (χ4v) is 1.58. The van der Waals surface area contributed by atoms with Crippen LogP contribution < -0.4 is 0 Å². The Morgan fingerprint density at radius 1 is 1.14 bits per heavy atom. The molecule has 0 atom stereocenters. The second kappa shape index (κ2) is 14.8. The summed E-state index contributed by atoms with van der Waals surface area (Å²) in [4.78, 5) is 0. The zero-order chi connectivity index (χ0) is 16.7. The van der Waals surface area contributed by atoms with E-state index in [1.807, 2.05) is 13.0 Å². The van der Waals surface area contributed by atoms with Crippen molar-refractivity contribution in [2.45, 2.75) is 54.4 Å². The molecule has 0 radical (unpaired) electrons. The zero-order valence-electron chi connectivity index (χ0n) is 14.9. The van der Waals surface area contributed by atoms with Crippen LogP contribution in [0.25, 0.3) is 0 Å². The van der Waals surface area contributed by atoms with E-state index in [-0.39, 0.29) is 0 Å². The van der Waals surface area contributed by atoms with Gasteiger partial charge >= 0.3 is 0 Å². The largest absolute Gasteiger partial charge is 0.103 e. The Kier molecular flexibility index (Phi) is 15.4. The summed E-state index contributed by atoms with van der Waals surface area (Å²) in [7, 11) is 0. The molecule has 0 fully saturated rings. The summed E-state index contributed by atoms with van der Waals surface area (Å²) >= 11 is 0. The van der Waals surface area contributed by atoms with Crippen molar-refractivity contribution >= 4 is 0 Å². The molecule has 1 rings (SSSR count). The minimum absolute atomic E-state index is 0.718. The van der Waals surface area contributed by atoms with E-state index in [1.54, 1.807) is 6.08 Å². The first kappa shape index (κ1) is 21.7. The third kappa shape index (κ3) is 16.4. The number of aryl methyl sites for hydroxylation is 1. The molecule has 0 nitrogen and oxygen atoms in total. The molecule has 21 heavy (non-hydrogen) atoms. The van der Waals surface area contributed by atoms with Gasteiger partial charge in [-0.2, -0.15) is 0 Å². The van der Waals surface area contributed by atoms with Gasteiger partial charge in [0.1, 0.15) is 0 Å². The third-order valence-electron chi connectivity index (χ3n) is 2.68. The van der Waals surface area contributed by atoms with Gasteiger partial charge in [0.05, 0.1) is 0 Å². The number of benzene rings is 1. The van der Waals surface area contributed by atoms with Crippen molar-refractivity contribution in [3.05, 3.63) is 72.4 Å². The van der Waals surface area contributed by atoms with Crippen molar-refractivity contribution in [2.75, 3.05) is 0 Å². The molecule has 0 saturated carbocycles. The summed E-state index contributed by atoms with van der Waals surface area (Å²) < 4.78 is 0. The maximum absolute atomic E-state index is 3.68. The summed E-state index contributed by atoms with van der Waals surface area (Å²) in [5, 5.41) is 0. The van der Waals surface area contributed by atoms with E-state index in [0.717, 1.165) is 12.3 Å². The van der Waals surface area contributed by atoms with Crippen LogP contribution in [0.3, 0.4) is 0 Å². The van der Waals surface area contributed by atoms with Crippen LogP contribution in [-0.4, -0.2) is 0 Å². The van der Waals surface area contributed by atoms with E-state index in [0.29, 0.717) is 0 Å². The highest BCUT2D eigenvalue weighted by Gasteiger charge is 1.87. The summed E-state index contributed by atoms with van der Waals surface area (Å²) in [6.45, 7) is 19.8. The zero-order valence-corrected chi connectivity index (χ0v) is 14.9. The van der Waals surface area contributed by atoms with Crippen molar-refractivity contribution in [3.8, 4) is 0 Å². The molecule has 0 aliphatic rings. The lowest BCUT2D eigenvalue weighted by Crippen LogP contribution is -1.80. The Morgan fingerprint density at radius 3 is 1.90 bits per heavy atom. The lowest BCUT2D eigenvalue weighted by molar-refractivity contribution is 0.813. The average molecular weight is 287 g/mol. The second-order valence-corrected chi connectivity index (χ2v) is 5.50. The van der Waals surface area contributed by atoms with Gasteiger partial charge in [0.25, 0.3) is 0 Å². The molecule has 0 heteroatoms. The molecule has 0 N–H and O–H groups in total. The Balaban J connectivity index is 0. The molecule has 118 valence electrons. The smallest absolute Gasteiger partial charge is 0.0100 e. The Labute approximate surface area is 133 Å². The standard InChI is InChI=1S/C10H12.C8H16.C3H6/c1-3-4-10-7-5-9(2)6-8-10;1-5-8(4)6-7(2)3;1-3-2/h3,5-8H,1,4H2,2H3;6-7H,5H2,1-4H3;3H,1H2,2H3/b;8-6-;. The monoisotopic (exact) mass is 286 g/mol.